The van der Waals surface area contributed by atoms with Gasteiger partial charge in [-0.2, -0.15) is 0 Å². The molecule has 3 rings (SSSR count). The molecule has 0 heterocycles. The van der Waals surface area contributed by atoms with Crippen molar-refractivity contribution in [3.05, 3.63) is 42.0 Å². The first-order valence-electron chi connectivity index (χ1n) is 8.24. The fourth-order valence-corrected chi connectivity index (χ4v) is 3.54. The van der Waals surface area contributed by atoms with Gasteiger partial charge in [0.15, 0.2) is 0 Å². The highest BCUT2D eigenvalue weighted by Gasteiger charge is 2.26. The highest BCUT2D eigenvalue weighted by atomic mass is 16.3. The van der Waals surface area contributed by atoms with Gasteiger partial charge < -0.3 is 10.0 Å². The average Bonchev–Trinajstić information content (AvgIpc) is 2.57. The van der Waals surface area contributed by atoms with Gasteiger partial charge in [0.05, 0.1) is 5.56 Å². The molecule has 0 atom stereocenters. The molecule has 3 heteroatoms. The van der Waals surface area contributed by atoms with Crippen molar-refractivity contribution >= 4 is 16.7 Å². The monoisotopic (exact) mass is 297 g/mol. The maximum Gasteiger partial charge on any atom is 0.257 e. The topological polar surface area (TPSA) is 40.5 Å². The van der Waals surface area contributed by atoms with E-state index >= 15 is 0 Å². The van der Waals surface area contributed by atoms with Crippen molar-refractivity contribution in [3.63, 3.8) is 0 Å². The molecule has 2 aromatic rings. The van der Waals surface area contributed by atoms with Crippen LogP contribution in [0.2, 0.25) is 0 Å². The molecule has 0 spiro atoms. The Kier molecular flexibility index (Phi) is 4.32. The molecule has 0 aromatic heterocycles. The zero-order valence-electron chi connectivity index (χ0n) is 13.1. The number of carbonyl (C=O) groups is 1. The normalized spacial score (nSPS) is 15.9. The minimum atomic E-state index is -0.0438. The summed E-state index contributed by atoms with van der Waals surface area (Å²) < 4.78 is 0. The number of phenolic OH excluding ortho intramolecular Hbond substituents is 1. The van der Waals surface area contributed by atoms with Crippen molar-refractivity contribution in [2.24, 2.45) is 0 Å². The summed E-state index contributed by atoms with van der Waals surface area (Å²) in [6.45, 7) is 2.71. The van der Waals surface area contributed by atoms with Crippen LogP contribution < -0.4 is 0 Å². The minimum Gasteiger partial charge on any atom is -0.506 e. The lowest BCUT2D eigenvalue weighted by molar-refractivity contribution is 0.0645. The fourth-order valence-electron chi connectivity index (χ4n) is 3.54. The molecule has 0 radical (unpaired) electrons. The van der Waals surface area contributed by atoms with Crippen LogP contribution in [0.3, 0.4) is 0 Å². The Morgan fingerprint density at radius 3 is 2.59 bits per heavy atom. The number of fused-ring (bicyclic) bond motifs is 1. The SMILES string of the molecule is CCN(C(=O)c1ccc2ccccc2c1O)C1CCCCC1. The summed E-state index contributed by atoms with van der Waals surface area (Å²) in [5.41, 5.74) is 0.422. The second-order valence-corrected chi connectivity index (χ2v) is 6.07. The van der Waals surface area contributed by atoms with E-state index < -0.39 is 0 Å². The third kappa shape index (κ3) is 2.68. The van der Waals surface area contributed by atoms with Crippen molar-refractivity contribution in [2.75, 3.05) is 6.54 Å². The Labute approximate surface area is 131 Å². The van der Waals surface area contributed by atoms with Crippen LogP contribution in [0.15, 0.2) is 36.4 Å². The van der Waals surface area contributed by atoms with Gasteiger partial charge >= 0.3 is 0 Å². The number of amides is 1. The zero-order valence-corrected chi connectivity index (χ0v) is 13.1. The van der Waals surface area contributed by atoms with Crippen LogP contribution >= 0.6 is 0 Å². The highest BCUT2D eigenvalue weighted by molar-refractivity contribution is 6.03. The molecule has 22 heavy (non-hydrogen) atoms. The molecule has 1 amide bonds. The summed E-state index contributed by atoms with van der Waals surface area (Å²) >= 11 is 0. The Balaban J connectivity index is 1.94. The molecule has 1 saturated carbocycles. The van der Waals surface area contributed by atoms with Gasteiger partial charge in [0.25, 0.3) is 5.91 Å². The largest absolute Gasteiger partial charge is 0.506 e. The van der Waals surface area contributed by atoms with Gasteiger partial charge in [-0.05, 0) is 31.2 Å². The molecular formula is C19H23NO2. The van der Waals surface area contributed by atoms with Crippen LogP contribution in [0.4, 0.5) is 0 Å². The quantitative estimate of drug-likeness (QED) is 0.915. The molecule has 1 aliphatic rings. The zero-order chi connectivity index (χ0) is 15.5. The maximum atomic E-state index is 12.9. The molecule has 1 N–H and O–H groups in total. The summed E-state index contributed by atoms with van der Waals surface area (Å²) in [5.74, 6) is 0.0648. The second-order valence-electron chi connectivity index (χ2n) is 6.07. The van der Waals surface area contributed by atoms with Crippen molar-refractivity contribution in [3.8, 4) is 5.75 Å². The van der Waals surface area contributed by atoms with Crippen LogP contribution in [0.25, 0.3) is 10.8 Å². The molecule has 116 valence electrons. The van der Waals surface area contributed by atoms with Crippen LogP contribution in [-0.2, 0) is 0 Å². The molecule has 0 aliphatic heterocycles. The highest BCUT2D eigenvalue weighted by Crippen LogP contribution is 2.31. The predicted octanol–water partition coefficient (Wildman–Crippen LogP) is 4.34. The maximum absolute atomic E-state index is 12.9. The van der Waals surface area contributed by atoms with E-state index in [0.29, 0.717) is 18.2 Å². The Morgan fingerprint density at radius 2 is 1.86 bits per heavy atom. The number of phenols is 1. The van der Waals surface area contributed by atoms with Crippen LogP contribution in [0, 0.1) is 0 Å². The lowest BCUT2D eigenvalue weighted by atomic mass is 9.93. The lowest BCUT2D eigenvalue weighted by Gasteiger charge is -2.33. The van der Waals surface area contributed by atoms with Gasteiger partial charge in [0, 0.05) is 18.0 Å². The molecular weight excluding hydrogens is 274 g/mol. The van der Waals surface area contributed by atoms with E-state index in [9.17, 15) is 9.90 Å². The Morgan fingerprint density at radius 1 is 1.14 bits per heavy atom. The van der Waals surface area contributed by atoms with Gasteiger partial charge in [-0.15, -0.1) is 0 Å². The van der Waals surface area contributed by atoms with Crippen molar-refractivity contribution < 1.29 is 9.90 Å². The minimum absolute atomic E-state index is 0.0438. The van der Waals surface area contributed by atoms with E-state index in [4.69, 9.17) is 0 Å². The van der Waals surface area contributed by atoms with Gasteiger partial charge in [-0.25, -0.2) is 0 Å². The van der Waals surface area contributed by atoms with E-state index in [1.165, 1.54) is 19.3 Å². The number of hydrogen-bond acceptors (Lipinski definition) is 2. The van der Waals surface area contributed by atoms with E-state index in [2.05, 4.69) is 0 Å². The average molecular weight is 297 g/mol. The third-order valence-corrected chi connectivity index (χ3v) is 4.75. The number of aromatic hydroxyl groups is 1. The van der Waals surface area contributed by atoms with Crippen LogP contribution in [0.1, 0.15) is 49.4 Å². The summed E-state index contributed by atoms with van der Waals surface area (Å²) in [4.78, 5) is 14.8. The number of benzene rings is 2. The standard InChI is InChI=1S/C19H23NO2/c1-2-20(15-9-4-3-5-10-15)19(22)17-13-12-14-8-6-7-11-16(14)18(17)21/h6-8,11-13,15,21H,2-5,9-10H2,1H3. The molecule has 0 saturated heterocycles. The lowest BCUT2D eigenvalue weighted by Crippen LogP contribution is -2.41. The Bertz CT molecular complexity index is 674. The molecule has 1 fully saturated rings. The van der Waals surface area contributed by atoms with Gasteiger partial charge in [0.2, 0.25) is 0 Å². The number of rotatable bonds is 3. The van der Waals surface area contributed by atoms with Crippen molar-refractivity contribution in [1.29, 1.82) is 0 Å². The van der Waals surface area contributed by atoms with Crippen LogP contribution in [-0.4, -0.2) is 28.5 Å². The molecule has 2 aromatic carbocycles. The van der Waals surface area contributed by atoms with Crippen molar-refractivity contribution in [2.45, 2.75) is 45.1 Å². The fraction of sp³-hybridized carbons (Fsp3) is 0.421. The summed E-state index contributed by atoms with van der Waals surface area (Å²) in [5, 5.41) is 12.2. The first kappa shape index (κ1) is 14.9. The number of nitrogens with zero attached hydrogens (tertiary/aromatic N) is 1. The molecule has 1 aliphatic carbocycles. The van der Waals surface area contributed by atoms with E-state index in [1.54, 1.807) is 6.07 Å². The predicted molar refractivity (Wildman–Crippen MR) is 89.2 cm³/mol. The Hall–Kier alpha value is -2.03. The first-order valence-corrected chi connectivity index (χ1v) is 8.24. The number of carbonyl (C=O) groups excluding carboxylic acids is 1. The third-order valence-electron chi connectivity index (χ3n) is 4.75. The molecule has 0 bridgehead atoms. The first-order chi connectivity index (χ1) is 10.7. The summed E-state index contributed by atoms with van der Waals surface area (Å²) in [6.07, 6.45) is 5.81. The van der Waals surface area contributed by atoms with Gasteiger partial charge in [-0.1, -0.05) is 49.6 Å². The van der Waals surface area contributed by atoms with E-state index in [0.717, 1.165) is 23.6 Å². The smallest absolute Gasteiger partial charge is 0.257 e. The van der Waals surface area contributed by atoms with Crippen molar-refractivity contribution in [1.82, 2.24) is 4.90 Å². The second kappa shape index (κ2) is 6.39. The van der Waals surface area contributed by atoms with Gasteiger partial charge in [-0.3, -0.25) is 4.79 Å². The van der Waals surface area contributed by atoms with E-state index in [1.807, 2.05) is 42.2 Å². The number of hydrogen-bond donors (Lipinski definition) is 1. The summed E-state index contributed by atoms with van der Waals surface area (Å²) in [6, 6.07) is 11.6. The summed E-state index contributed by atoms with van der Waals surface area (Å²) in [7, 11) is 0. The van der Waals surface area contributed by atoms with Gasteiger partial charge in [0.1, 0.15) is 5.75 Å². The van der Waals surface area contributed by atoms with Crippen LogP contribution in [0.5, 0.6) is 5.75 Å². The molecule has 3 nitrogen and oxygen atoms in total. The van der Waals surface area contributed by atoms with E-state index in [-0.39, 0.29) is 11.7 Å². The molecule has 0 unspecified atom stereocenters.